The molecule has 1 N–H and O–H groups in total. The van der Waals surface area contributed by atoms with Crippen molar-refractivity contribution in [3.05, 3.63) is 36.8 Å². The fraction of sp³-hybridized carbons (Fsp3) is 0.400. The highest BCUT2D eigenvalue weighted by atomic mass is 16.4. The van der Waals surface area contributed by atoms with Gasteiger partial charge in [-0.3, -0.25) is 0 Å². The van der Waals surface area contributed by atoms with E-state index in [9.17, 15) is 5.11 Å². The van der Waals surface area contributed by atoms with Gasteiger partial charge in [0, 0.05) is 5.41 Å². The van der Waals surface area contributed by atoms with Gasteiger partial charge in [-0.1, -0.05) is 19.9 Å². The Bertz CT molecular complexity index is 247. The summed E-state index contributed by atoms with van der Waals surface area (Å²) in [4.78, 5) is 0. The van der Waals surface area contributed by atoms with Crippen molar-refractivity contribution >= 4 is 0 Å². The van der Waals surface area contributed by atoms with E-state index in [4.69, 9.17) is 4.42 Å². The third-order valence-corrected chi connectivity index (χ3v) is 2.04. The molecule has 2 heteroatoms. The van der Waals surface area contributed by atoms with Crippen LogP contribution in [0.3, 0.4) is 0 Å². The van der Waals surface area contributed by atoms with E-state index in [1.54, 1.807) is 24.5 Å². The Morgan fingerprint density at radius 1 is 1.67 bits per heavy atom. The Labute approximate surface area is 72.5 Å². The lowest BCUT2D eigenvalue weighted by atomic mass is 9.85. The van der Waals surface area contributed by atoms with Crippen molar-refractivity contribution in [1.29, 1.82) is 0 Å². The van der Waals surface area contributed by atoms with Crippen LogP contribution in [0.4, 0.5) is 0 Å². The van der Waals surface area contributed by atoms with Crippen LogP contribution >= 0.6 is 0 Å². The lowest BCUT2D eigenvalue weighted by Gasteiger charge is -2.24. The van der Waals surface area contributed by atoms with Gasteiger partial charge in [0.1, 0.15) is 11.9 Å². The summed E-state index contributed by atoms with van der Waals surface area (Å²) in [7, 11) is 0. The minimum atomic E-state index is -0.620. The average Bonchev–Trinajstić information content (AvgIpc) is 2.55. The molecule has 0 aliphatic heterocycles. The van der Waals surface area contributed by atoms with Gasteiger partial charge in [-0.05, 0) is 12.1 Å². The van der Waals surface area contributed by atoms with Crippen molar-refractivity contribution in [2.45, 2.75) is 20.0 Å². The molecule has 0 amide bonds. The molecule has 1 aromatic heterocycles. The molecular formula is C10H14O2. The molecule has 2 nitrogen and oxygen atoms in total. The van der Waals surface area contributed by atoms with Crippen LogP contribution in [0.15, 0.2) is 35.5 Å². The molecule has 1 rings (SSSR count). The molecule has 0 bridgehead atoms. The first-order valence-electron chi connectivity index (χ1n) is 3.93. The van der Waals surface area contributed by atoms with Gasteiger partial charge >= 0.3 is 0 Å². The molecule has 1 atom stereocenters. The molecule has 0 radical (unpaired) electrons. The van der Waals surface area contributed by atoms with Gasteiger partial charge in [0.05, 0.1) is 6.26 Å². The third kappa shape index (κ3) is 1.59. The molecule has 0 unspecified atom stereocenters. The fourth-order valence-electron chi connectivity index (χ4n) is 0.925. The second-order valence-electron chi connectivity index (χ2n) is 3.44. The highest BCUT2D eigenvalue weighted by Gasteiger charge is 2.27. The van der Waals surface area contributed by atoms with Gasteiger partial charge in [-0.15, -0.1) is 6.58 Å². The van der Waals surface area contributed by atoms with Crippen LogP contribution in [0.2, 0.25) is 0 Å². The predicted octanol–water partition coefficient (Wildman–Crippen LogP) is 2.53. The summed E-state index contributed by atoms with van der Waals surface area (Å²) in [6.45, 7) is 7.48. The maximum absolute atomic E-state index is 9.77. The molecule has 1 heterocycles. The minimum absolute atomic E-state index is 0.349. The number of hydrogen-bond donors (Lipinski definition) is 1. The maximum Gasteiger partial charge on any atom is 0.133 e. The molecule has 0 saturated carbocycles. The first-order valence-corrected chi connectivity index (χ1v) is 3.93. The number of aliphatic hydroxyl groups is 1. The lowest BCUT2D eigenvalue weighted by molar-refractivity contribution is 0.0614. The molecular weight excluding hydrogens is 152 g/mol. The van der Waals surface area contributed by atoms with Gasteiger partial charge in [0.25, 0.3) is 0 Å². The van der Waals surface area contributed by atoms with Crippen molar-refractivity contribution < 1.29 is 9.52 Å². The zero-order valence-corrected chi connectivity index (χ0v) is 7.45. The molecule has 1 aromatic rings. The fourth-order valence-corrected chi connectivity index (χ4v) is 0.925. The summed E-state index contributed by atoms with van der Waals surface area (Å²) in [5, 5.41) is 9.77. The van der Waals surface area contributed by atoms with E-state index in [2.05, 4.69) is 6.58 Å². The Morgan fingerprint density at radius 3 is 2.75 bits per heavy atom. The molecule has 12 heavy (non-hydrogen) atoms. The van der Waals surface area contributed by atoms with Crippen LogP contribution in [-0.2, 0) is 0 Å². The Kier molecular flexibility index (Phi) is 2.38. The van der Waals surface area contributed by atoms with E-state index >= 15 is 0 Å². The molecule has 0 saturated heterocycles. The topological polar surface area (TPSA) is 33.4 Å². The minimum Gasteiger partial charge on any atom is -0.467 e. The summed E-state index contributed by atoms with van der Waals surface area (Å²) in [6, 6.07) is 3.52. The molecule has 0 spiro atoms. The van der Waals surface area contributed by atoms with E-state index in [0.29, 0.717) is 5.76 Å². The number of aliphatic hydroxyl groups excluding tert-OH is 1. The lowest BCUT2D eigenvalue weighted by Crippen LogP contribution is -2.18. The number of furan rings is 1. The SMILES string of the molecule is C=CC(C)(C)[C@@H](O)c1ccco1. The van der Waals surface area contributed by atoms with Crippen LogP contribution in [0, 0.1) is 5.41 Å². The van der Waals surface area contributed by atoms with Gasteiger partial charge in [-0.2, -0.15) is 0 Å². The van der Waals surface area contributed by atoms with Crippen LogP contribution < -0.4 is 0 Å². The normalized spacial score (nSPS) is 14.2. The predicted molar refractivity (Wildman–Crippen MR) is 47.6 cm³/mol. The summed E-state index contributed by atoms with van der Waals surface area (Å²) < 4.78 is 5.09. The van der Waals surface area contributed by atoms with Crippen molar-refractivity contribution in [1.82, 2.24) is 0 Å². The van der Waals surface area contributed by atoms with E-state index in [1.807, 2.05) is 13.8 Å². The molecule has 0 fully saturated rings. The zero-order chi connectivity index (χ0) is 9.19. The van der Waals surface area contributed by atoms with Crippen molar-refractivity contribution in [2.75, 3.05) is 0 Å². The number of hydrogen-bond acceptors (Lipinski definition) is 2. The Balaban J connectivity index is 2.85. The quantitative estimate of drug-likeness (QED) is 0.700. The largest absolute Gasteiger partial charge is 0.467 e. The van der Waals surface area contributed by atoms with E-state index in [0.717, 1.165) is 0 Å². The van der Waals surface area contributed by atoms with Crippen LogP contribution in [0.5, 0.6) is 0 Å². The van der Waals surface area contributed by atoms with Gasteiger partial charge < -0.3 is 9.52 Å². The van der Waals surface area contributed by atoms with E-state index in [1.165, 1.54) is 0 Å². The first-order chi connectivity index (χ1) is 5.58. The van der Waals surface area contributed by atoms with E-state index < -0.39 is 6.10 Å². The zero-order valence-electron chi connectivity index (χ0n) is 7.45. The van der Waals surface area contributed by atoms with Gasteiger partial charge in [0.2, 0.25) is 0 Å². The van der Waals surface area contributed by atoms with Gasteiger partial charge in [-0.25, -0.2) is 0 Å². The molecule has 0 aliphatic carbocycles. The summed E-state index contributed by atoms with van der Waals surface area (Å²) in [5.74, 6) is 0.583. The maximum atomic E-state index is 9.77. The molecule has 66 valence electrons. The second-order valence-corrected chi connectivity index (χ2v) is 3.44. The summed E-state index contributed by atoms with van der Waals surface area (Å²) >= 11 is 0. The summed E-state index contributed by atoms with van der Waals surface area (Å²) in [6.07, 6.45) is 2.66. The smallest absolute Gasteiger partial charge is 0.133 e. The van der Waals surface area contributed by atoms with Gasteiger partial charge in [0.15, 0.2) is 0 Å². The van der Waals surface area contributed by atoms with Crippen molar-refractivity contribution in [2.24, 2.45) is 5.41 Å². The van der Waals surface area contributed by atoms with E-state index in [-0.39, 0.29) is 5.41 Å². The van der Waals surface area contributed by atoms with Crippen LogP contribution in [0.25, 0.3) is 0 Å². The Hall–Kier alpha value is -1.02. The monoisotopic (exact) mass is 166 g/mol. The second kappa shape index (κ2) is 3.15. The van der Waals surface area contributed by atoms with Crippen LogP contribution in [0.1, 0.15) is 25.7 Å². The van der Waals surface area contributed by atoms with Crippen LogP contribution in [-0.4, -0.2) is 5.11 Å². The van der Waals surface area contributed by atoms with Crippen molar-refractivity contribution in [3.8, 4) is 0 Å². The summed E-state index contributed by atoms with van der Waals surface area (Å²) in [5.41, 5.74) is -0.349. The standard InChI is InChI=1S/C10H14O2/c1-4-10(2,3)9(11)8-6-5-7-12-8/h4-7,9,11H,1H2,2-3H3/t9-/m0/s1. The molecule has 0 aliphatic rings. The van der Waals surface area contributed by atoms with Crippen molar-refractivity contribution in [3.63, 3.8) is 0 Å². The first kappa shape index (κ1) is 9.07. The number of rotatable bonds is 3. The third-order valence-electron chi connectivity index (χ3n) is 2.04. The Morgan fingerprint density at radius 2 is 2.33 bits per heavy atom. The average molecular weight is 166 g/mol. The highest BCUT2D eigenvalue weighted by Crippen LogP contribution is 2.33. The highest BCUT2D eigenvalue weighted by molar-refractivity contribution is 5.08. The molecule has 0 aromatic carbocycles.